The number of aromatic nitrogens is 3. The molecule has 0 spiro atoms. The molecule has 0 radical (unpaired) electrons. The summed E-state index contributed by atoms with van der Waals surface area (Å²) in [4.78, 5) is 15.8. The van der Waals surface area contributed by atoms with E-state index in [1.807, 2.05) is 25.1 Å². The van der Waals surface area contributed by atoms with Gasteiger partial charge in [-0.25, -0.2) is 4.98 Å². The molecule has 2 N–H and O–H groups in total. The van der Waals surface area contributed by atoms with E-state index in [0.29, 0.717) is 5.82 Å². The molecule has 88 valence electrons. The highest BCUT2D eigenvalue weighted by molar-refractivity contribution is 14.1. The summed E-state index contributed by atoms with van der Waals surface area (Å²) in [6.45, 7) is 3.71. The maximum absolute atomic E-state index is 11.8. The first-order valence-corrected chi connectivity index (χ1v) is 6.11. The van der Waals surface area contributed by atoms with Crippen LogP contribution in [0, 0.1) is 17.4 Å². The second-order valence-electron chi connectivity index (χ2n) is 3.61. The van der Waals surface area contributed by atoms with Crippen molar-refractivity contribution in [2.75, 3.05) is 5.32 Å². The number of hydrogen-bond acceptors (Lipinski definition) is 3. The highest BCUT2D eigenvalue weighted by Crippen LogP contribution is 2.20. The fourth-order valence-electron chi connectivity index (χ4n) is 1.37. The summed E-state index contributed by atoms with van der Waals surface area (Å²) in [5.41, 5.74) is 1.82. The lowest BCUT2D eigenvalue weighted by Crippen LogP contribution is -2.14. The Kier molecular flexibility index (Phi) is 3.41. The summed E-state index contributed by atoms with van der Waals surface area (Å²) in [6, 6.07) is 5.74. The number of hydrogen-bond donors (Lipinski definition) is 2. The molecule has 1 amide bonds. The molecule has 1 aromatic carbocycles. The topological polar surface area (TPSA) is 70.7 Å². The van der Waals surface area contributed by atoms with Crippen LogP contribution in [0.1, 0.15) is 22.0 Å². The fraction of sp³-hybridized carbons (Fsp3) is 0.182. The fourth-order valence-corrected chi connectivity index (χ4v) is 1.86. The second-order valence-corrected chi connectivity index (χ2v) is 4.77. The van der Waals surface area contributed by atoms with Crippen LogP contribution < -0.4 is 5.32 Å². The second kappa shape index (κ2) is 4.82. The van der Waals surface area contributed by atoms with Crippen LogP contribution in [0.15, 0.2) is 18.2 Å². The van der Waals surface area contributed by atoms with Gasteiger partial charge in [-0.15, -0.1) is 5.10 Å². The smallest absolute Gasteiger partial charge is 0.295 e. The van der Waals surface area contributed by atoms with E-state index in [1.54, 1.807) is 6.92 Å². The number of H-pyrrole nitrogens is 1. The average molecular weight is 342 g/mol. The molecule has 0 aliphatic heterocycles. The van der Waals surface area contributed by atoms with Crippen molar-refractivity contribution in [2.24, 2.45) is 0 Å². The van der Waals surface area contributed by atoms with Crippen molar-refractivity contribution in [2.45, 2.75) is 13.8 Å². The average Bonchev–Trinajstić information content (AvgIpc) is 2.72. The van der Waals surface area contributed by atoms with E-state index < -0.39 is 0 Å². The maximum Gasteiger partial charge on any atom is 0.295 e. The number of aryl methyl sites for hydroxylation is 1. The van der Waals surface area contributed by atoms with E-state index >= 15 is 0 Å². The molecule has 1 heterocycles. The van der Waals surface area contributed by atoms with Crippen LogP contribution in [0.4, 0.5) is 5.69 Å². The summed E-state index contributed by atoms with van der Waals surface area (Å²) < 4.78 is 1.10. The number of amides is 1. The van der Waals surface area contributed by atoms with E-state index in [-0.39, 0.29) is 11.7 Å². The van der Waals surface area contributed by atoms with Crippen LogP contribution in [0.2, 0.25) is 0 Å². The zero-order valence-electron chi connectivity index (χ0n) is 9.41. The van der Waals surface area contributed by atoms with Gasteiger partial charge in [0.1, 0.15) is 5.82 Å². The normalized spacial score (nSPS) is 10.3. The number of anilines is 1. The highest BCUT2D eigenvalue weighted by Gasteiger charge is 2.12. The Hall–Kier alpha value is -1.44. The molecule has 0 saturated carbocycles. The molecular formula is C11H11IN4O. The Bertz CT molecular complexity index is 564. The van der Waals surface area contributed by atoms with Crippen LogP contribution in [-0.2, 0) is 0 Å². The van der Waals surface area contributed by atoms with Gasteiger partial charge in [-0.05, 0) is 54.1 Å². The summed E-state index contributed by atoms with van der Waals surface area (Å²) in [5, 5.41) is 9.24. The number of nitrogens with one attached hydrogen (secondary N) is 2. The Morgan fingerprint density at radius 3 is 2.82 bits per heavy atom. The molecule has 0 aliphatic rings. The van der Waals surface area contributed by atoms with Gasteiger partial charge in [0.05, 0.1) is 0 Å². The Labute approximate surface area is 112 Å². The maximum atomic E-state index is 11.8. The molecule has 0 saturated heterocycles. The van der Waals surface area contributed by atoms with Crippen LogP contribution >= 0.6 is 22.6 Å². The van der Waals surface area contributed by atoms with Crippen LogP contribution in [0.5, 0.6) is 0 Å². The number of rotatable bonds is 2. The van der Waals surface area contributed by atoms with Gasteiger partial charge in [0, 0.05) is 9.26 Å². The zero-order chi connectivity index (χ0) is 12.4. The highest BCUT2D eigenvalue weighted by atomic mass is 127. The number of aromatic amines is 1. The number of carbonyl (C=O) groups is 1. The number of nitrogens with zero attached hydrogens (tertiary/aromatic N) is 2. The minimum atomic E-state index is -0.306. The zero-order valence-corrected chi connectivity index (χ0v) is 11.6. The summed E-state index contributed by atoms with van der Waals surface area (Å²) in [5.74, 6) is 0.467. The molecule has 1 aromatic heterocycles. The summed E-state index contributed by atoms with van der Waals surface area (Å²) in [6.07, 6.45) is 0. The minimum absolute atomic E-state index is 0.153. The molecule has 17 heavy (non-hydrogen) atoms. The van der Waals surface area contributed by atoms with Gasteiger partial charge in [0.15, 0.2) is 0 Å². The largest absolute Gasteiger partial charge is 0.319 e. The van der Waals surface area contributed by atoms with Gasteiger partial charge >= 0.3 is 0 Å². The van der Waals surface area contributed by atoms with E-state index in [2.05, 4.69) is 43.1 Å². The molecule has 6 heteroatoms. The predicted octanol–water partition coefficient (Wildman–Crippen LogP) is 2.28. The van der Waals surface area contributed by atoms with Gasteiger partial charge in [-0.2, -0.15) is 0 Å². The molecule has 0 atom stereocenters. The molecule has 0 bridgehead atoms. The first-order chi connectivity index (χ1) is 8.08. The first-order valence-electron chi connectivity index (χ1n) is 5.03. The lowest BCUT2D eigenvalue weighted by molar-refractivity contribution is 0.101. The SMILES string of the molecule is Cc1nc(C(=O)Nc2cccc(I)c2C)n[nH]1. The van der Waals surface area contributed by atoms with E-state index in [0.717, 1.165) is 14.8 Å². The number of benzene rings is 1. The Morgan fingerprint density at radius 1 is 1.41 bits per heavy atom. The summed E-state index contributed by atoms with van der Waals surface area (Å²) >= 11 is 2.23. The molecule has 0 aliphatic carbocycles. The standard InChI is InChI=1S/C11H11IN4O/c1-6-8(12)4-3-5-9(6)14-11(17)10-13-7(2)15-16-10/h3-5H,1-2H3,(H,14,17)(H,13,15,16). The van der Waals surface area contributed by atoms with Gasteiger partial charge in [-0.3, -0.25) is 9.89 Å². The van der Waals surface area contributed by atoms with Crippen LogP contribution in [0.3, 0.4) is 0 Å². The number of halogens is 1. The van der Waals surface area contributed by atoms with E-state index in [4.69, 9.17) is 0 Å². The summed E-state index contributed by atoms with van der Waals surface area (Å²) in [7, 11) is 0. The third-order valence-electron chi connectivity index (χ3n) is 2.32. The third kappa shape index (κ3) is 2.63. The van der Waals surface area contributed by atoms with Crippen molar-refractivity contribution >= 4 is 34.2 Å². The molecular weight excluding hydrogens is 331 g/mol. The van der Waals surface area contributed by atoms with Crippen LogP contribution in [0.25, 0.3) is 0 Å². The van der Waals surface area contributed by atoms with E-state index in [9.17, 15) is 4.79 Å². The van der Waals surface area contributed by atoms with Gasteiger partial charge in [0.25, 0.3) is 5.91 Å². The van der Waals surface area contributed by atoms with E-state index in [1.165, 1.54) is 0 Å². The molecule has 0 unspecified atom stereocenters. The van der Waals surface area contributed by atoms with Gasteiger partial charge < -0.3 is 5.32 Å². The Balaban J connectivity index is 2.21. The molecule has 2 aromatic rings. The lowest BCUT2D eigenvalue weighted by Gasteiger charge is -2.07. The molecule has 5 nitrogen and oxygen atoms in total. The van der Waals surface area contributed by atoms with Gasteiger partial charge in [0.2, 0.25) is 5.82 Å². The van der Waals surface area contributed by atoms with Crippen molar-refractivity contribution < 1.29 is 4.79 Å². The van der Waals surface area contributed by atoms with Crippen molar-refractivity contribution in [3.63, 3.8) is 0 Å². The van der Waals surface area contributed by atoms with Crippen molar-refractivity contribution in [3.05, 3.63) is 39.0 Å². The number of carbonyl (C=O) groups excluding carboxylic acids is 1. The molecule has 0 fully saturated rings. The third-order valence-corrected chi connectivity index (χ3v) is 3.48. The predicted molar refractivity (Wildman–Crippen MR) is 73.0 cm³/mol. The first kappa shape index (κ1) is 12.0. The Morgan fingerprint density at radius 2 is 2.18 bits per heavy atom. The van der Waals surface area contributed by atoms with Gasteiger partial charge in [-0.1, -0.05) is 6.07 Å². The van der Waals surface area contributed by atoms with Crippen molar-refractivity contribution in [3.8, 4) is 0 Å². The lowest BCUT2D eigenvalue weighted by atomic mass is 10.2. The van der Waals surface area contributed by atoms with Crippen LogP contribution in [-0.4, -0.2) is 21.1 Å². The van der Waals surface area contributed by atoms with Crippen molar-refractivity contribution in [1.82, 2.24) is 15.2 Å². The van der Waals surface area contributed by atoms with Crippen molar-refractivity contribution in [1.29, 1.82) is 0 Å². The minimum Gasteiger partial charge on any atom is -0.319 e. The monoisotopic (exact) mass is 342 g/mol. The molecule has 2 rings (SSSR count). The quantitative estimate of drug-likeness (QED) is 0.823.